The Morgan fingerprint density at radius 1 is 1.00 bits per heavy atom. The van der Waals surface area contributed by atoms with Crippen LogP contribution in [0.25, 0.3) is 0 Å². The fraction of sp³-hybridized carbons (Fsp3) is 0.300. The lowest BCUT2D eigenvalue weighted by Gasteiger charge is -2.15. The van der Waals surface area contributed by atoms with Gasteiger partial charge in [0.25, 0.3) is 11.8 Å². The summed E-state index contributed by atoms with van der Waals surface area (Å²) >= 11 is 5.97. The molecule has 1 atom stereocenters. The van der Waals surface area contributed by atoms with E-state index in [0.717, 1.165) is 21.7 Å². The average Bonchev–Trinajstić information content (AvgIpc) is 2.57. The number of likely N-dealkylation sites (N-methyl/N-ethyl adjacent to an activating group) is 1. The molecule has 0 aliphatic carbocycles. The van der Waals surface area contributed by atoms with Crippen LogP contribution < -0.4 is 20.3 Å². The number of hydrogen-bond acceptors (Lipinski definition) is 3. The molecular formula is C20H25ClN3O3+. The maximum absolute atomic E-state index is 12.3. The highest BCUT2D eigenvalue weighted by atomic mass is 35.5. The van der Waals surface area contributed by atoms with E-state index in [2.05, 4.69) is 10.6 Å². The molecule has 0 bridgehead atoms. The first-order valence-electron chi connectivity index (χ1n) is 8.60. The molecular weight excluding hydrogens is 366 g/mol. The molecule has 0 aromatic heterocycles. The van der Waals surface area contributed by atoms with Crippen molar-refractivity contribution in [3.05, 3.63) is 52.5 Å². The first kappa shape index (κ1) is 20.7. The number of aryl methyl sites for hydroxylation is 2. The van der Waals surface area contributed by atoms with Gasteiger partial charge < -0.3 is 20.3 Å². The van der Waals surface area contributed by atoms with Gasteiger partial charge in [-0.05, 0) is 43.7 Å². The highest BCUT2D eigenvalue weighted by molar-refractivity contribution is 6.31. The maximum atomic E-state index is 12.3. The van der Waals surface area contributed by atoms with Crippen molar-refractivity contribution >= 4 is 34.8 Å². The first-order chi connectivity index (χ1) is 12.8. The monoisotopic (exact) mass is 390 g/mol. The quantitative estimate of drug-likeness (QED) is 0.677. The Morgan fingerprint density at radius 3 is 2.22 bits per heavy atom. The highest BCUT2D eigenvalue weighted by Crippen LogP contribution is 2.27. The SMILES string of the molecule is COc1ccc(Cl)cc1NC(=O)C[NH+](C)CC(=O)Nc1ccc(C)cc1C. The molecule has 1 unspecified atom stereocenters. The smallest absolute Gasteiger partial charge is 0.279 e. The number of rotatable bonds is 7. The van der Waals surface area contributed by atoms with Gasteiger partial charge in [0.1, 0.15) is 5.75 Å². The molecule has 6 nitrogen and oxygen atoms in total. The fourth-order valence-electron chi connectivity index (χ4n) is 2.73. The second-order valence-electron chi connectivity index (χ2n) is 6.57. The minimum atomic E-state index is -0.229. The van der Waals surface area contributed by atoms with E-state index in [0.29, 0.717) is 16.5 Å². The summed E-state index contributed by atoms with van der Waals surface area (Å²) in [5.41, 5.74) is 3.43. The van der Waals surface area contributed by atoms with E-state index in [1.165, 1.54) is 7.11 Å². The number of carbonyl (C=O) groups excluding carboxylic acids is 2. The fourth-order valence-corrected chi connectivity index (χ4v) is 2.90. The second-order valence-corrected chi connectivity index (χ2v) is 7.01. The lowest BCUT2D eigenvalue weighted by atomic mass is 10.1. The molecule has 2 rings (SSSR count). The van der Waals surface area contributed by atoms with Gasteiger partial charge in [-0.15, -0.1) is 0 Å². The molecule has 0 radical (unpaired) electrons. The number of methoxy groups -OCH3 is 1. The van der Waals surface area contributed by atoms with Crippen LogP contribution in [0, 0.1) is 13.8 Å². The summed E-state index contributed by atoms with van der Waals surface area (Å²) in [4.78, 5) is 25.3. The third-order valence-corrected chi connectivity index (χ3v) is 4.25. The van der Waals surface area contributed by atoms with Gasteiger partial charge in [0.2, 0.25) is 0 Å². The van der Waals surface area contributed by atoms with Crippen LogP contribution in [0.1, 0.15) is 11.1 Å². The molecule has 144 valence electrons. The Hall–Kier alpha value is -2.57. The van der Waals surface area contributed by atoms with Gasteiger partial charge in [-0.1, -0.05) is 29.3 Å². The van der Waals surface area contributed by atoms with E-state index in [4.69, 9.17) is 16.3 Å². The largest absolute Gasteiger partial charge is 0.495 e. The molecule has 0 aliphatic heterocycles. The number of hydrogen-bond donors (Lipinski definition) is 3. The average molecular weight is 391 g/mol. The number of quaternary nitrogens is 1. The zero-order valence-corrected chi connectivity index (χ0v) is 16.7. The van der Waals surface area contributed by atoms with Gasteiger partial charge in [0.15, 0.2) is 13.1 Å². The molecule has 3 N–H and O–H groups in total. The van der Waals surface area contributed by atoms with Crippen LogP contribution in [0.2, 0.25) is 5.02 Å². The molecule has 2 amide bonds. The molecule has 27 heavy (non-hydrogen) atoms. The zero-order valence-electron chi connectivity index (χ0n) is 16.0. The third-order valence-electron chi connectivity index (χ3n) is 4.02. The Labute approximate surface area is 164 Å². The molecule has 0 heterocycles. The summed E-state index contributed by atoms with van der Waals surface area (Å²) in [6, 6.07) is 10.8. The van der Waals surface area contributed by atoms with E-state index >= 15 is 0 Å². The molecule has 2 aromatic carbocycles. The number of nitrogens with one attached hydrogen (secondary N) is 3. The number of halogens is 1. The molecule has 2 aromatic rings. The van der Waals surface area contributed by atoms with E-state index in [1.54, 1.807) is 25.2 Å². The Balaban J connectivity index is 1.89. The van der Waals surface area contributed by atoms with Gasteiger partial charge in [0.05, 0.1) is 19.8 Å². The molecule has 0 aliphatic rings. The Kier molecular flexibility index (Phi) is 7.21. The summed E-state index contributed by atoms with van der Waals surface area (Å²) < 4.78 is 5.21. The predicted octanol–water partition coefficient (Wildman–Crippen LogP) is 2.06. The summed E-state index contributed by atoms with van der Waals surface area (Å²) in [7, 11) is 3.31. The summed E-state index contributed by atoms with van der Waals surface area (Å²) in [6.45, 7) is 4.26. The van der Waals surface area contributed by atoms with Crippen molar-refractivity contribution in [1.82, 2.24) is 0 Å². The van der Waals surface area contributed by atoms with Gasteiger partial charge in [-0.3, -0.25) is 9.59 Å². The van der Waals surface area contributed by atoms with Crippen molar-refractivity contribution in [2.45, 2.75) is 13.8 Å². The Morgan fingerprint density at radius 2 is 1.63 bits per heavy atom. The van der Waals surface area contributed by atoms with Crippen LogP contribution >= 0.6 is 11.6 Å². The van der Waals surface area contributed by atoms with Crippen LogP contribution in [0.3, 0.4) is 0 Å². The lowest BCUT2D eigenvalue weighted by molar-refractivity contribution is -0.862. The number of anilines is 2. The van der Waals surface area contributed by atoms with Crippen LogP contribution in [0.15, 0.2) is 36.4 Å². The van der Waals surface area contributed by atoms with Gasteiger partial charge in [-0.2, -0.15) is 0 Å². The van der Waals surface area contributed by atoms with Crippen LogP contribution in [0.5, 0.6) is 5.75 Å². The molecule has 7 heteroatoms. The summed E-state index contributed by atoms with van der Waals surface area (Å²) in [6.07, 6.45) is 0. The van der Waals surface area contributed by atoms with E-state index in [1.807, 2.05) is 32.0 Å². The van der Waals surface area contributed by atoms with E-state index in [9.17, 15) is 9.59 Å². The minimum absolute atomic E-state index is 0.135. The normalized spacial score (nSPS) is 11.6. The standard InChI is InChI=1S/C20H24ClN3O3/c1-13-5-7-16(14(2)9-13)22-19(25)11-24(3)12-20(26)23-17-10-15(21)6-8-18(17)27-4/h5-10H,11-12H2,1-4H3,(H,22,25)(H,23,26)/p+1. The second kappa shape index (κ2) is 9.39. The molecule has 0 saturated heterocycles. The van der Waals surface area contributed by atoms with Gasteiger partial charge in [-0.25, -0.2) is 0 Å². The number of amides is 2. The van der Waals surface area contributed by atoms with E-state index < -0.39 is 0 Å². The number of ether oxygens (including phenoxy) is 1. The molecule has 0 fully saturated rings. The van der Waals surface area contributed by atoms with Crippen molar-refractivity contribution in [3.63, 3.8) is 0 Å². The molecule has 0 spiro atoms. The van der Waals surface area contributed by atoms with Crippen molar-refractivity contribution in [2.75, 3.05) is 37.9 Å². The van der Waals surface area contributed by atoms with Crippen LogP contribution in [-0.2, 0) is 9.59 Å². The van der Waals surface area contributed by atoms with Crippen molar-refractivity contribution in [3.8, 4) is 5.75 Å². The third kappa shape index (κ3) is 6.27. The lowest BCUT2D eigenvalue weighted by Crippen LogP contribution is -3.11. The number of carbonyl (C=O) groups is 2. The number of benzene rings is 2. The van der Waals surface area contributed by atoms with Crippen molar-refractivity contribution in [2.24, 2.45) is 0 Å². The molecule has 0 saturated carbocycles. The highest BCUT2D eigenvalue weighted by Gasteiger charge is 2.16. The predicted molar refractivity (Wildman–Crippen MR) is 108 cm³/mol. The van der Waals surface area contributed by atoms with Gasteiger partial charge >= 0.3 is 0 Å². The topological polar surface area (TPSA) is 71.9 Å². The Bertz CT molecular complexity index is 839. The summed E-state index contributed by atoms with van der Waals surface area (Å²) in [5, 5.41) is 6.16. The van der Waals surface area contributed by atoms with Gasteiger partial charge in [0, 0.05) is 10.7 Å². The van der Waals surface area contributed by atoms with E-state index in [-0.39, 0.29) is 24.9 Å². The van der Waals surface area contributed by atoms with Crippen LogP contribution in [0.4, 0.5) is 11.4 Å². The minimum Gasteiger partial charge on any atom is -0.495 e. The van der Waals surface area contributed by atoms with Crippen LogP contribution in [-0.4, -0.2) is 39.1 Å². The van der Waals surface area contributed by atoms with Crippen molar-refractivity contribution < 1.29 is 19.2 Å². The summed E-state index contributed by atoms with van der Waals surface area (Å²) in [5.74, 6) is 0.151. The first-order valence-corrected chi connectivity index (χ1v) is 8.98. The maximum Gasteiger partial charge on any atom is 0.279 e. The van der Waals surface area contributed by atoms with Crippen molar-refractivity contribution in [1.29, 1.82) is 0 Å². The zero-order chi connectivity index (χ0) is 20.0.